The molecule has 67 heavy (non-hydrogen) atoms. The van der Waals surface area contributed by atoms with Crippen molar-refractivity contribution in [2.45, 2.75) is 178 Å². The van der Waals surface area contributed by atoms with E-state index in [9.17, 15) is 102 Å². The quantitative estimate of drug-likeness (QED) is 0.0643. The van der Waals surface area contributed by atoms with Crippen LogP contribution in [0, 0.1) is 0 Å². The van der Waals surface area contributed by atoms with Crippen LogP contribution >= 0.6 is 0 Å². The highest BCUT2D eigenvalue weighted by Crippen LogP contribution is 2.40. The van der Waals surface area contributed by atoms with Gasteiger partial charge in [0.2, 0.25) is 5.79 Å². The van der Waals surface area contributed by atoms with Crippen LogP contribution in [-0.4, -0.2) is 326 Å². The molecule has 6 aliphatic heterocycles. The number of rotatable bonds is 17. The van der Waals surface area contributed by atoms with Crippen LogP contribution in [-0.2, 0) is 52.1 Å². The zero-order chi connectivity index (χ0) is 49.4. The van der Waals surface area contributed by atoms with Gasteiger partial charge in [0, 0.05) is 0 Å². The minimum absolute atomic E-state index is 0.731. The van der Waals surface area contributed by atoms with E-state index in [1.54, 1.807) is 0 Å². The van der Waals surface area contributed by atoms with E-state index < -0.39 is 224 Å². The van der Waals surface area contributed by atoms with Gasteiger partial charge in [-0.2, -0.15) is 0 Å². The summed E-state index contributed by atoms with van der Waals surface area (Å²) in [6.45, 7) is -6.36. The second-order valence-electron chi connectivity index (χ2n) is 16.9. The lowest BCUT2D eigenvalue weighted by Crippen LogP contribution is -2.65. The fraction of sp³-hybridized carbons (Fsp3) is 1.00. The molecule has 0 bridgehead atoms. The predicted molar refractivity (Wildman–Crippen MR) is 199 cm³/mol. The summed E-state index contributed by atoms with van der Waals surface area (Å²) in [4.78, 5) is 0. The molecule has 0 spiro atoms. The summed E-state index contributed by atoms with van der Waals surface area (Å²) in [7, 11) is 0. The molecule has 0 aliphatic carbocycles. The molecule has 6 aliphatic rings. The minimum Gasteiger partial charge on any atom is -0.394 e. The van der Waals surface area contributed by atoms with Crippen LogP contribution in [0.15, 0.2) is 0 Å². The molecule has 6 rings (SSSR count). The Morgan fingerprint density at radius 2 is 0.612 bits per heavy atom. The van der Waals surface area contributed by atoms with E-state index in [1.165, 1.54) is 0 Å². The van der Waals surface area contributed by atoms with E-state index >= 15 is 0 Å². The lowest BCUT2D eigenvalue weighted by atomic mass is 9.97. The Labute approximate surface area is 378 Å². The van der Waals surface area contributed by atoms with Crippen molar-refractivity contribution in [3.8, 4) is 0 Å². The van der Waals surface area contributed by atoms with Gasteiger partial charge in [0.15, 0.2) is 31.5 Å². The van der Waals surface area contributed by atoms with E-state index in [-0.39, 0.29) is 0 Å². The van der Waals surface area contributed by atoms with Crippen molar-refractivity contribution in [3.63, 3.8) is 0 Å². The molecule has 0 radical (unpaired) electrons. The number of hydrogen-bond acceptors (Lipinski definition) is 31. The Morgan fingerprint density at radius 3 is 0.970 bits per heavy atom. The van der Waals surface area contributed by atoms with E-state index in [2.05, 4.69) is 0 Å². The van der Waals surface area contributed by atoms with Crippen molar-refractivity contribution in [3.05, 3.63) is 0 Å². The standard InChI is InChI=1S/C36H62O31/c37-1-8-14(41)20(47)25(52)31(60-8)57-4-11-16(43)22(49)27(54)33(62-11)59-5-12-17(44)23(50)28(55)34(63-12)65-30-19(46)10(3-39)66-36(30,7-40)67-35-29(56)24(51)18(45)13(64-35)6-58-32-26(53)21(48)15(42)9(2-38)61-32/h8-35,37-56H,1-7H2. The van der Waals surface area contributed by atoms with Crippen LogP contribution in [0.5, 0.6) is 0 Å². The van der Waals surface area contributed by atoms with Crippen LogP contribution < -0.4 is 0 Å². The summed E-state index contributed by atoms with van der Waals surface area (Å²) in [6, 6.07) is 0. The van der Waals surface area contributed by atoms with Gasteiger partial charge < -0.3 is 154 Å². The first-order valence-corrected chi connectivity index (χ1v) is 21.1. The Bertz CT molecular complexity index is 1520. The van der Waals surface area contributed by atoms with Crippen LogP contribution in [0.2, 0.25) is 0 Å². The number of ether oxygens (including phenoxy) is 11. The van der Waals surface area contributed by atoms with Gasteiger partial charge in [-0.05, 0) is 0 Å². The first kappa shape index (κ1) is 55.1. The molecule has 0 amide bonds. The van der Waals surface area contributed by atoms with Crippen molar-refractivity contribution < 1.29 is 154 Å². The molecular formula is C36H62O31. The van der Waals surface area contributed by atoms with Crippen LogP contribution in [0.3, 0.4) is 0 Å². The molecule has 0 aromatic heterocycles. The monoisotopic (exact) mass is 990 g/mol. The Hall–Kier alpha value is -1.24. The lowest BCUT2D eigenvalue weighted by molar-refractivity contribution is -0.403. The summed E-state index contributed by atoms with van der Waals surface area (Å²) in [5.74, 6) is -2.75. The third kappa shape index (κ3) is 11.2. The number of aliphatic hydroxyl groups excluding tert-OH is 20. The molecule has 31 heteroatoms. The molecule has 6 heterocycles. The highest BCUT2D eigenvalue weighted by Gasteiger charge is 2.62. The summed E-state index contributed by atoms with van der Waals surface area (Å²) in [6.07, 6.45) is -52.7. The summed E-state index contributed by atoms with van der Waals surface area (Å²) in [5.41, 5.74) is 0. The highest BCUT2D eigenvalue weighted by molar-refractivity contribution is 5.02. The van der Waals surface area contributed by atoms with Gasteiger partial charge >= 0.3 is 0 Å². The first-order chi connectivity index (χ1) is 31.6. The van der Waals surface area contributed by atoms with Gasteiger partial charge in [0.1, 0.15) is 147 Å². The largest absolute Gasteiger partial charge is 0.394 e. The molecule has 20 N–H and O–H groups in total. The minimum atomic E-state index is -2.75. The van der Waals surface area contributed by atoms with Gasteiger partial charge in [0.05, 0.1) is 39.6 Å². The predicted octanol–water partition coefficient (Wildman–Crippen LogP) is -14.1. The van der Waals surface area contributed by atoms with Crippen molar-refractivity contribution in [1.82, 2.24) is 0 Å². The molecule has 6 fully saturated rings. The van der Waals surface area contributed by atoms with Gasteiger partial charge in [-0.15, -0.1) is 0 Å². The molecule has 29 unspecified atom stereocenters. The maximum Gasteiger partial charge on any atom is 0.224 e. The SMILES string of the molecule is OCC1OC(OCC2OC(OCC3OC(OC4C(O)C(CO)OC4(CO)OC4OC(COC5OC(CO)C(O)C(O)C5O)C(O)C(O)C4O)C(O)C(O)C3O)C(O)C(O)C2O)C(O)C(O)C1O. The molecule has 0 saturated carbocycles. The summed E-state index contributed by atoms with van der Waals surface area (Å²) < 4.78 is 60.8. The highest BCUT2D eigenvalue weighted by atomic mass is 16.8. The smallest absolute Gasteiger partial charge is 0.224 e. The van der Waals surface area contributed by atoms with E-state index in [0.717, 1.165) is 0 Å². The van der Waals surface area contributed by atoms with Crippen LogP contribution in [0.25, 0.3) is 0 Å². The Balaban J connectivity index is 1.12. The second kappa shape index (κ2) is 23.1. The van der Waals surface area contributed by atoms with Crippen LogP contribution in [0.1, 0.15) is 0 Å². The number of hydrogen-bond donors (Lipinski definition) is 20. The zero-order valence-corrected chi connectivity index (χ0v) is 35.1. The molecule has 31 nitrogen and oxygen atoms in total. The summed E-state index contributed by atoms with van der Waals surface area (Å²) >= 11 is 0. The first-order valence-electron chi connectivity index (χ1n) is 21.1. The van der Waals surface area contributed by atoms with Crippen molar-refractivity contribution in [1.29, 1.82) is 0 Å². The molecule has 392 valence electrons. The fourth-order valence-corrected chi connectivity index (χ4v) is 8.27. The van der Waals surface area contributed by atoms with Crippen molar-refractivity contribution >= 4 is 0 Å². The van der Waals surface area contributed by atoms with E-state index in [1.807, 2.05) is 0 Å². The van der Waals surface area contributed by atoms with Gasteiger partial charge in [-0.3, -0.25) is 0 Å². The van der Waals surface area contributed by atoms with Gasteiger partial charge in [0.25, 0.3) is 0 Å². The maximum atomic E-state index is 11.2. The topological polar surface area (TPSA) is 506 Å². The molecule has 0 aromatic rings. The second-order valence-corrected chi connectivity index (χ2v) is 16.9. The number of aliphatic hydroxyl groups is 20. The van der Waals surface area contributed by atoms with Crippen LogP contribution in [0.4, 0.5) is 0 Å². The Morgan fingerprint density at radius 1 is 0.313 bits per heavy atom. The van der Waals surface area contributed by atoms with E-state index in [0.29, 0.717) is 0 Å². The average molecular weight is 991 g/mol. The Kier molecular flexibility index (Phi) is 19.0. The fourth-order valence-electron chi connectivity index (χ4n) is 8.27. The van der Waals surface area contributed by atoms with Crippen molar-refractivity contribution in [2.75, 3.05) is 46.2 Å². The maximum absolute atomic E-state index is 11.2. The third-order valence-electron chi connectivity index (χ3n) is 12.4. The average Bonchev–Trinajstić information content (AvgIpc) is 3.58. The lowest BCUT2D eigenvalue weighted by Gasteiger charge is -2.46. The van der Waals surface area contributed by atoms with Crippen molar-refractivity contribution in [2.24, 2.45) is 0 Å². The van der Waals surface area contributed by atoms with Gasteiger partial charge in [-0.25, -0.2) is 0 Å². The molecule has 6 saturated heterocycles. The molecular weight excluding hydrogens is 928 g/mol. The third-order valence-corrected chi connectivity index (χ3v) is 12.4. The van der Waals surface area contributed by atoms with E-state index in [4.69, 9.17) is 52.1 Å². The normalized spacial score (nSPS) is 53.2. The molecule has 29 atom stereocenters. The zero-order valence-electron chi connectivity index (χ0n) is 35.1. The van der Waals surface area contributed by atoms with Gasteiger partial charge in [-0.1, -0.05) is 0 Å². The summed E-state index contributed by atoms with van der Waals surface area (Å²) in [5, 5.41) is 209. The molecule has 0 aromatic carbocycles.